The molecule has 1 aliphatic carbocycles. The van der Waals surface area contributed by atoms with Crippen molar-refractivity contribution in [3.8, 4) is 0 Å². The van der Waals surface area contributed by atoms with Crippen molar-refractivity contribution in [2.45, 2.75) is 129 Å². The van der Waals surface area contributed by atoms with Gasteiger partial charge in [0.1, 0.15) is 6.54 Å². The molecule has 1 saturated carbocycles. The minimum Gasteiger partial charge on any atom is -0.332 e. The van der Waals surface area contributed by atoms with Crippen LogP contribution in [0.5, 0.6) is 0 Å². The van der Waals surface area contributed by atoms with Crippen molar-refractivity contribution < 1.29 is 9.59 Å². The van der Waals surface area contributed by atoms with Crippen LogP contribution < -0.4 is 0 Å². The van der Waals surface area contributed by atoms with E-state index >= 15 is 0 Å². The lowest BCUT2D eigenvalue weighted by molar-refractivity contribution is -0.143. The summed E-state index contributed by atoms with van der Waals surface area (Å²) in [6, 6.07) is 12.5. The molecule has 3 rings (SSSR count). The minimum absolute atomic E-state index is 0.0626. The van der Waals surface area contributed by atoms with Crippen molar-refractivity contribution in [1.29, 1.82) is 0 Å². The van der Waals surface area contributed by atoms with Crippen molar-refractivity contribution >= 4 is 23.2 Å². The second kappa shape index (κ2) is 17.4. The largest absolute Gasteiger partial charge is 0.332 e. The maximum absolute atomic E-state index is 13.8. The molecule has 1 fully saturated rings. The van der Waals surface area contributed by atoms with Gasteiger partial charge in [0.15, 0.2) is 0 Å². The molecule has 0 unspecified atom stereocenters. The fourth-order valence-electron chi connectivity index (χ4n) is 5.57. The Morgan fingerprint density at radius 2 is 1.47 bits per heavy atom. The summed E-state index contributed by atoms with van der Waals surface area (Å²) in [6.45, 7) is 5.75. The van der Waals surface area contributed by atoms with E-state index in [1.54, 1.807) is 11.3 Å². The Balaban J connectivity index is 1.59. The quantitative estimate of drug-likeness (QED) is 0.189. The van der Waals surface area contributed by atoms with Gasteiger partial charge in [-0.2, -0.15) is 0 Å². The fourth-order valence-corrected chi connectivity index (χ4v) is 6.49. The van der Waals surface area contributed by atoms with Gasteiger partial charge in [-0.15, -0.1) is 11.3 Å². The van der Waals surface area contributed by atoms with E-state index in [-0.39, 0.29) is 24.4 Å². The van der Waals surface area contributed by atoms with Crippen LogP contribution in [0.3, 0.4) is 0 Å². The number of carbonyl (C=O) groups is 2. The number of unbranched alkanes of at least 4 members (excludes halogenated alkanes) is 8. The predicted molar refractivity (Wildman–Crippen MR) is 160 cm³/mol. The number of amides is 2. The average Bonchev–Trinajstić information content (AvgIpc) is 3.35. The Morgan fingerprint density at radius 3 is 2.11 bits per heavy atom. The van der Waals surface area contributed by atoms with Crippen LogP contribution in [0.1, 0.15) is 119 Å². The Labute approximate surface area is 235 Å². The monoisotopic (exact) mass is 538 g/mol. The molecule has 0 radical (unpaired) electrons. The van der Waals surface area contributed by atoms with Crippen LogP contribution in [-0.2, 0) is 22.7 Å². The third-order valence-corrected chi connectivity index (χ3v) is 9.01. The van der Waals surface area contributed by atoms with Gasteiger partial charge in [-0.05, 0) is 48.8 Å². The summed E-state index contributed by atoms with van der Waals surface area (Å²) in [5.74, 6) is 0.243. The highest BCUT2D eigenvalue weighted by Crippen LogP contribution is 2.25. The highest BCUT2D eigenvalue weighted by Gasteiger charge is 2.29. The lowest BCUT2D eigenvalue weighted by Gasteiger charge is -2.35. The molecule has 38 heavy (non-hydrogen) atoms. The number of benzene rings is 1. The van der Waals surface area contributed by atoms with Gasteiger partial charge in [-0.25, -0.2) is 0 Å². The third kappa shape index (κ3) is 10.6. The first-order valence-corrected chi connectivity index (χ1v) is 16.1. The van der Waals surface area contributed by atoms with Gasteiger partial charge in [0.05, 0.1) is 6.54 Å². The molecule has 0 spiro atoms. The van der Waals surface area contributed by atoms with Crippen molar-refractivity contribution in [3.63, 3.8) is 0 Å². The van der Waals surface area contributed by atoms with Gasteiger partial charge in [0.2, 0.25) is 11.8 Å². The molecule has 1 aromatic carbocycles. The van der Waals surface area contributed by atoms with E-state index in [0.717, 1.165) is 44.1 Å². The lowest BCUT2D eigenvalue weighted by Crippen LogP contribution is -2.47. The Bertz CT molecular complexity index is 935. The molecule has 210 valence electrons. The summed E-state index contributed by atoms with van der Waals surface area (Å²) in [7, 11) is 0. The van der Waals surface area contributed by atoms with E-state index in [4.69, 9.17) is 0 Å². The molecule has 1 aliphatic rings. The molecule has 1 heterocycles. The summed E-state index contributed by atoms with van der Waals surface area (Å²) < 4.78 is 0. The Morgan fingerprint density at radius 1 is 0.816 bits per heavy atom. The summed E-state index contributed by atoms with van der Waals surface area (Å²) >= 11 is 1.71. The predicted octanol–water partition coefficient (Wildman–Crippen LogP) is 8.67. The molecule has 0 atom stereocenters. The third-order valence-electron chi connectivity index (χ3n) is 8.01. The molecular formula is C33H50N2O2S. The smallest absolute Gasteiger partial charge is 0.242 e. The number of nitrogens with zero attached hydrogens (tertiary/aromatic N) is 2. The zero-order chi connectivity index (χ0) is 27.0. The zero-order valence-electron chi connectivity index (χ0n) is 24.0. The number of aryl methyl sites for hydroxylation is 1. The van der Waals surface area contributed by atoms with E-state index < -0.39 is 0 Å². The number of thiophene rings is 1. The van der Waals surface area contributed by atoms with Gasteiger partial charge in [-0.3, -0.25) is 9.59 Å². The second-order valence-electron chi connectivity index (χ2n) is 11.2. The molecule has 2 amide bonds. The summed E-state index contributed by atoms with van der Waals surface area (Å²) in [4.78, 5) is 32.4. The standard InChI is InChI=1S/C33H50N2O2S/c1-3-4-5-6-7-8-9-10-17-22-32(36)35(30-20-15-12-16-21-30)27-33(37)34(25-29-18-13-11-14-19-29)26-31-28(2)23-24-38-31/h11,13-14,18-19,23-24,30H,3-10,12,15-17,20-22,25-27H2,1-2H3. The first-order chi connectivity index (χ1) is 18.6. The maximum atomic E-state index is 13.8. The van der Waals surface area contributed by atoms with Gasteiger partial charge in [-0.1, -0.05) is 108 Å². The normalized spacial score (nSPS) is 13.9. The van der Waals surface area contributed by atoms with Gasteiger partial charge < -0.3 is 9.80 Å². The highest BCUT2D eigenvalue weighted by atomic mass is 32.1. The van der Waals surface area contributed by atoms with E-state index in [1.165, 1.54) is 61.8 Å². The van der Waals surface area contributed by atoms with Crippen LogP contribution >= 0.6 is 11.3 Å². The van der Waals surface area contributed by atoms with Gasteiger partial charge in [0, 0.05) is 23.9 Å². The first-order valence-electron chi connectivity index (χ1n) is 15.2. The molecule has 2 aromatic rings. The summed E-state index contributed by atoms with van der Waals surface area (Å²) in [6.07, 6.45) is 17.4. The Hall–Kier alpha value is -2.14. The van der Waals surface area contributed by atoms with Gasteiger partial charge in [0.25, 0.3) is 0 Å². The summed E-state index contributed by atoms with van der Waals surface area (Å²) in [5, 5.41) is 2.10. The molecule has 1 aromatic heterocycles. The molecule has 0 aliphatic heterocycles. The van der Waals surface area contributed by atoms with Crippen LogP contribution in [0, 0.1) is 6.92 Å². The van der Waals surface area contributed by atoms with Gasteiger partial charge >= 0.3 is 0 Å². The van der Waals surface area contributed by atoms with Crippen molar-refractivity contribution in [2.24, 2.45) is 0 Å². The van der Waals surface area contributed by atoms with Crippen LogP contribution in [0.4, 0.5) is 0 Å². The molecule has 0 bridgehead atoms. The molecule has 4 nitrogen and oxygen atoms in total. The maximum Gasteiger partial charge on any atom is 0.242 e. The number of carbonyl (C=O) groups excluding carboxylic acids is 2. The number of hydrogen-bond acceptors (Lipinski definition) is 3. The average molecular weight is 539 g/mol. The molecule has 5 heteroatoms. The minimum atomic E-state index is 0.0626. The topological polar surface area (TPSA) is 40.6 Å². The van der Waals surface area contributed by atoms with Crippen LogP contribution in [0.2, 0.25) is 0 Å². The van der Waals surface area contributed by atoms with E-state index in [2.05, 4.69) is 37.4 Å². The lowest BCUT2D eigenvalue weighted by atomic mass is 9.93. The highest BCUT2D eigenvalue weighted by molar-refractivity contribution is 7.10. The van der Waals surface area contributed by atoms with Crippen LogP contribution in [0.25, 0.3) is 0 Å². The Kier molecular flexibility index (Phi) is 14.0. The number of rotatable bonds is 17. The first kappa shape index (κ1) is 30.4. The molecular weight excluding hydrogens is 488 g/mol. The zero-order valence-corrected chi connectivity index (χ0v) is 24.8. The molecule has 0 N–H and O–H groups in total. The second-order valence-corrected chi connectivity index (χ2v) is 12.2. The van der Waals surface area contributed by atoms with Crippen molar-refractivity contribution in [2.75, 3.05) is 6.54 Å². The summed E-state index contributed by atoms with van der Waals surface area (Å²) in [5.41, 5.74) is 2.35. The SMILES string of the molecule is CCCCCCCCCCCC(=O)N(CC(=O)N(Cc1ccccc1)Cc1sccc1C)C1CCCCC1. The number of hydrogen-bond donors (Lipinski definition) is 0. The van der Waals surface area contributed by atoms with Crippen molar-refractivity contribution in [3.05, 3.63) is 57.8 Å². The van der Waals surface area contributed by atoms with E-state index in [1.807, 2.05) is 28.0 Å². The van der Waals surface area contributed by atoms with Crippen LogP contribution in [-0.4, -0.2) is 34.2 Å². The molecule has 0 saturated heterocycles. The van der Waals surface area contributed by atoms with Crippen molar-refractivity contribution in [1.82, 2.24) is 9.80 Å². The fraction of sp³-hybridized carbons (Fsp3) is 0.636. The van der Waals surface area contributed by atoms with Crippen LogP contribution in [0.15, 0.2) is 41.8 Å². The van der Waals surface area contributed by atoms with E-state index in [0.29, 0.717) is 19.5 Å². The van der Waals surface area contributed by atoms with E-state index in [9.17, 15) is 9.59 Å².